The summed E-state index contributed by atoms with van der Waals surface area (Å²) in [6.07, 6.45) is 0. The number of carbonyl (C=O) groups is 1. The van der Waals surface area contributed by atoms with E-state index in [9.17, 15) is 14.0 Å². The topological polar surface area (TPSA) is 97.0 Å². The molecule has 0 atom stereocenters. The molecule has 0 aliphatic heterocycles. The van der Waals surface area contributed by atoms with Crippen molar-refractivity contribution in [2.75, 3.05) is 18.2 Å². The maximum Gasteiger partial charge on any atom is 0.252 e. The first-order chi connectivity index (χ1) is 15.9. The number of rotatable bonds is 7. The van der Waals surface area contributed by atoms with Crippen LogP contribution in [0.5, 0.6) is 5.75 Å². The second kappa shape index (κ2) is 9.97. The number of anilines is 1. The fraction of sp³-hybridized carbons (Fsp3) is 0.130. The zero-order valence-corrected chi connectivity index (χ0v) is 19.3. The standard InChI is InChI=1S/C23H19FN4O3S2/c1-13-21(33-22(25-13)14-3-9-17(31-2)10-4-14)18-11-19(29)28-23(27-18)32-12-20(30)26-16-7-5-15(24)6-8-16/h3-11H,12H2,1-2H3,(H,26,30)(H,27,28,29). The zero-order chi connectivity index (χ0) is 23.4. The van der Waals surface area contributed by atoms with Crippen molar-refractivity contribution in [2.24, 2.45) is 0 Å². The van der Waals surface area contributed by atoms with Gasteiger partial charge < -0.3 is 15.0 Å². The fourth-order valence-corrected chi connectivity index (χ4v) is 4.68. The van der Waals surface area contributed by atoms with Gasteiger partial charge in [-0.1, -0.05) is 11.8 Å². The SMILES string of the molecule is COc1ccc(-c2nc(C)c(-c3cc(=O)[nH]c(SCC(=O)Nc4ccc(F)cc4)n3)s2)cc1. The lowest BCUT2D eigenvalue weighted by molar-refractivity contribution is -0.113. The molecule has 0 bridgehead atoms. The molecule has 4 rings (SSSR count). The second-order valence-corrected chi connectivity index (χ2v) is 8.90. The molecule has 0 aliphatic rings. The average Bonchev–Trinajstić information content (AvgIpc) is 3.20. The van der Waals surface area contributed by atoms with Gasteiger partial charge in [-0.05, 0) is 55.5 Å². The number of carbonyl (C=O) groups excluding carboxylic acids is 1. The third-order valence-electron chi connectivity index (χ3n) is 4.55. The predicted molar refractivity (Wildman–Crippen MR) is 128 cm³/mol. The largest absolute Gasteiger partial charge is 0.497 e. The number of aromatic nitrogens is 3. The van der Waals surface area contributed by atoms with Crippen LogP contribution in [0.25, 0.3) is 21.1 Å². The summed E-state index contributed by atoms with van der Waals surface area (Å²) in [5.41, 5.74) is 2.36. The Hall–Kier alpha value is -3.50. The molecule has 4 aromatic rings. The van der Waals surface area contributed by atoms with Gasteiger partial charge >= 0.3 is 0 Å². The van der Waals surface area contributed by atoms with Crippen molar-refractivity contribution < 1.29 is 13.9 Å². The minimum atomic E-state index is -0.380. The lowest BCUT2D eigenvalue weighted by Gasteiger charge is -2.05. The minimum Gasteiger partial charge on any atom is -0.497 e. The number of benzene rings is 2. The summed E-state index contributed by atoms with van der Waals surface area (Å²) in [5, 5.41) is 3.81. The average molecular weight is 483 g/mol. The molecule has 2 aromatic heterocycles. The lowest BCUT2D eigenvalue weighted by Crippen LogP contribution is -2.15. The molecule has 7 nitrogen and oxygen atoms in total. The number of hydrogen-bond acceptors (Lipinski definition) is 7. The van der Waals surface area contributed by atoms with Gasteiger partial charge in [0.2, 0.25) is 5.91 Å². The van der Waals surface area contributed by atoms with Crippen molar-refractivity contribution in [3.05, 3.63) is 76.5 Å². The van der Waals surface area contributed by atoms with Crippen molar-refractivity contribution in [1.29, 1.82) is 0 Å². The Morgan fingerprint density at radius 2 is 1.88 bits per heavy atom. The smallest absolute Gasteiger partial charge is 0.252 e. The predicted octanol–water partition coefficient (Wildman–Crippen LogP) is 4.75. The van der Waals surface area contributed by atoms with Gasteiger partial charge in [-0.3, -0.25) is 9.59 Å². The lowest BCUT2D eigenvalue weighted by atomic mass is 10.2. The van der Waals surface area contributed by atoms with E-state index < -0.39 is 0 Å². The molecule has 168 valence electrons. The van der Waals surface area contributed by atoms with E-state index in [4.69, 9.17) is 4.74 Å². The van der Waals surface area contributed by atoms with Gasteiger partial charge in [0.1, 0.15) is 16.6 Å². The highest BCUT2D eigenvalue weighted by Crippen LogP contribution is 2.34. The molecule has 0 radical (unpaired) electrons. The number of hydrogen-bond donors (Lipinski definition) is 2. The maximum atomic E-state index is 13.0. The summed E-state index contributed by atoms with van der Waals surface area (Å²) in [6, 6.07) is 14.5. The van der Waals surface area contributed by atoms with E-state index in [1.54, 1.807) is 7.11 Å². The third kappa shape index (κ3) is 5.65. The van der Waals surface area contributed by atoms with Gasteiger partial charge in [-0.2, -0.15) is 0 Å². The molecule has 33 heavy (non-hydrogen) atoms. The van der Waals surface area contributed by atoms with Crippen LogP contribution >= 0.6 is 23.1 Å². The van der Waals surface area contributed by atoms with Crippen LogP contribution in [0.1, 0.15) is 5.69 Å². The van der Waals surface area contributed by atoms with Crippen LogP contribution in [0.2, 0.25) is 0 Å². The summed E-state index contributed by atoms with van der Waals surface area (Å²) in [6.45, 7) is 1.87. The minimum absolute atomic E-state index is 0.0303. The number of aromatic amines is 1. The molecular formula is C23H19FN4O3S2. The van der Waals surface area contributed by atoms with Crippen LogP contribution in [0.4, 0.5) is 10.1 Å². The van der Waals surface area contributed by atoms with Crippen molar-refractivity contribution in [3.8, 4) is 26.9 Å². The Labute approximate surface area is 197 Å². The molecule has 0 spiro atoms. The van der Waals surface area contributed by atoms with E-state index in [1.165, 1.54) is 41.7 Å². The number of thioether (sulfide) groups is 1. The van der Waals surface area contributed by atoms with E-state index in [2.05, 4.69) is 20.3 Å². The third-order valence-corrected chi connectivity index (χ3v) is 6.66. The van der Waals surface area contributed by atoms with Crippen LogP contribution in [-0.4, -0.2) is 33.7 Å². The van der Waals surface area contributed by atoms with Gasteiger partial charge in [0.25, 0.3) is 5.56 Å². The van der Waals surface area contributed by atoms with Crippen LogP contribution in [0.3, 0.4) is 0 Å². The molecule has 1 amide bonds. The number of methoxy groups -OCH3 is 1. The summed E-state index contributed by atoms with van der Waals surface area (Å²) >= 11 is 2.54. The van der Waals surface area contributed by atoms with Crippen LogP contribution in [0, 0.1) is 12.7 Å². The first kappa shape index (κ1) is 22.7. The Morgan fingerprint density at radius 1 is 1.15 bits per heavy atom. The highest BCUT2D eigenvalue weighted by atomic mass is 32.2. The number of H-pyrrole nitrogens is 1. The number of halogens is 1. The second-order valence-electron chi connectivity index (χ2n) is 6.94. The Balaban J connectivity index is 1.50. The van der Waals surface area contributed by atoms with E-state index in [1.807, 2.05) is 31.2 Å². The highest BCUT2D eigenvalue weighted by Gasteiger charge is 2.15. The Bertz CT molecular complexity index is 1340. The molecule has 2 aromatic carbocycles. The van der Waals surface area contributed by atoms with E-state index in [0.29, 0.717) is 16.5 Å². The van der Waals surface area contributed by atoms with E-state index in [-0.39, 0.29) is 23.0 Å². The number of nitrogens with zero attached hydrogens (tertiary/aromatic N) is 2. The van der Waals surface area contributed by atoms with Gasteiger partial charge in [-0.15, -0.1) is 11.3 Å². The molecule has 0 saturated heterocycles. The van der Waals surface area contributed by atoms with Crippen molar-refractivity contribution in [2.45, 2.75) is 12.1 Å². The first-order valence-corrected chi connectivity index (χ1v) is 11.6. The summed E-state index contributed by atoms with van der Waals surface area (Å²) < 4.78 is 18.2. The van der Waals surface area contributed by atoms with E-state index >= 15 is 0 Å². The highest BCUT2D eigenvalue weighted by molar-refractivity contribution is 7.99. The quantitative estimate of drug-likeness (QED) is 0.292. The van der Waals surface area contributed by atoms with E-state index in [0.717, 1.165) is 38.7 Å². The van der Waals surface area contributed by atoms with Crippen molar-refractivity contribution >= 4 is 34.7 Å². The summed E-state index contributed by atoms with van der Waals surface area (Å²) in [7, 11) is 1.61. The Morgan fingerprint density at radius 3 is 2.58 bits per heavy atom. The Kier molecular flexibility index (Phi) is 6.85. The maximum absolute atomic E-state index is 13.0. The summed E-state index contributed by atoms with van der Waals surface area (Å²) in [4.78, 5) is 37.0. The van der Waals surface area contributed by atoms with Crippen LogP contribution < -0.4 is 15.6 Å². The van der Waals surface area contributed by atoms with Crippen molar-refractivity contribution in [1.82, 2.24) is 15.0 Å². The van der Waals surface area contributed by atoms with Gasteiger partial charge in [0, 0.05) is 17.3 Å². The normalized spacial score (nSPS) is 10.8. The molecule has 2 N–H and O–H groups in total. The number of aryl methyl sites for hydroxylation is 1. The first-order valence-electron chi connectivity index (χ1n) is 9.83. The molecular weight excluding hydrogens is 463 g/mol. The fourth-order valence-electron chi connectivity index (χ4n) is 2.98. The molecule has 0 aliphatic carbocycles. The number of amides is 1. The van der Waals surface area contributed by atoms with Gasteiger partial charge in [0.15, 0.2) is 5.16 Å². The number of ether oxygens (including phenoxy) is 1. The van der Waals surface area contributed by atoms with Crippen LogP contribution in [-0.2, 0) is 4.79 Å². The van der Waals surface area contributed by atoms with Crippen LogP contribution in [0.15, 0.2) is 64.5 Å². The zero-order valence-electron chi connectivity index (χ0n) is 17.7. The van der Waals surface area contributed by atoms with Crippen molar-refractivity contribution in [3.63, 3.8) is 0 Å². The monoisotopic (exact) mass is 482 g/mol. The molecule has 0 fully saturated rings. The van der Waals surface area contributed by atoms with Gasteiger partial charge in [0.05, 0.1) is 29.1 Å². The number of thiazole rings is 1. The number of nitrogens with one attached hydrogen (secondary N) is 2. The van der Waals surface area contributed by atoms with Gasteiger partial charge in [-0.25, -0.2) is 14.4 Å². The molecule has 0 unspecified atom stereocenters. The molecule has 2 heterocycles. The summed E-state index contributed by atoms with van der Waals surface area (Å²) in [5.74, 6) is 0.112. The molecule has 10 heteroatoms. The molecule has 0 saturated carbocycles.